The van der Waals surface area contributed by atoms with E-state index in [-0.39, 0.29) is 5.97 Å². The summed E-state index contributed by atoms with van der Waals surface area (Å²) >= 11 is 0. The Morgan fingerprint density at radius 3 is 2.88 bits per heavy atom. The highest BCUT2D eigenvalue weighted by molar-refractivity contribution is 5.77. The van der Waals surface area contributed by atoms with E-state index in [0.717, 1.165) is 10.9 Å². The number of carbonyl (C=O) groups is 1. The molecule has 0 amide bonds. The molecule has 2 rings (SSSR count). The highest BCUT2D eigenvalue weighted by Crippen LogP contribution is 2.08. The number of carbonyl (C=O) groups excluding carboxylic acids is 1. The zero-order chi connectivity index (χ0) is 11.5. The molecule has 1 heterocycles. The van der Waals surface area contributed by atoms with Gasteiger partial charge in [0, 0.05) is 23.5 Å². The number of methoxy groups -OCH3 is 1. The van der Waals surface area contributed by atoms with Crippen molar-refractivity contribution in [2.24, 2.45) is 0 Å². The fourth-order valence-corrected chi connectivity index (χ4v) is 1.53. The van der Waals surface area contributed by atoms with Gasteiger partial charge in [-0.25, -0.2) is 4.79 Å². The molecule has 4 heteroatoms. The molecule has 0 saturated carbocycles. The van der Waals surface area contributed by atoms with Gasteiger partial charge in [0.15, 0.2) is 6.20 Å². The molecule has 1 aromatic carbocycles. The number of benzene rings is 1. The minimum atomic E-state index is -0.408. The van der Waals surface area contributed by atoms with Crippen molar-refractivity contribution in [2.45, 2.75) is 13.0 Å². The van der Waals surface area contributed by atoms with Crippen molar-refractivity contribution in [3.63, 3.8) is 0 Å². The summed E-state index contributed by atoms with van der Waals surface area (Å²) in [5, 5.41) is 5.41. The van der Waals surface area contributed by atoms with E-state index in [9.17, 15) is 4.79 Å². The lowest BCUT2D eigenvalue weighted by Gasteiger charge is -2.02. The molecule has 0 N–H and O–H groups in total. The zero-order valence-electron chi connectivity index (χ0n) is 9.25. The molecule has 1 atom stereocenters. The molecule has 0 radical (unpaired) electrons. The summed E-state index contributed by atoms with van der Waals surface area (Å²) in [6.45, 7) is 1.76. The van der Waals surface area contributed by atoms with Crippen molar-refractivity contribution in [1.29, 1.82) is 0 Å². The SMILES string of the molecule is COC(=O)C(C)[n+]1ccc2ccccc2n1. The number of nitrogens with zero attached hydrogens (tertiary/aromatic N) is 2. The van der Waals surface area contributed by atoms with Crippen LogP contribution in [0.4, 0.5) is 0 Å². The molecule has 82 valence electrons. The lowest BCUT2D eigenvalue weighted by Crippen LogP contribution is -2.45. The minimum Gasteiger partial charge on any atom is -0.464 e. The van der Waals surface area contributed by atoms with E-state index in [2.05, 4.69) is 9.84 Å². The van der Waals surface area contributed by atoms with Crippen molar-refractivity contribution < 1.29 is 14.2 Å². The van der Waals surface area contributed by atoms with Crippen LogP contribution in [0, 0.1) is 0 Å². The highest BCUT2D eigenvalue weighted by Gasteiger charge is 2.24. The van der Waals surface area contributed by atoms with Crippen LogP contribution in [0.2, 0.25) is 0 Å². The van der Waals surface area contributed by atoms with Crippen LogP contribution < -0.4 is 4.68 Å². The summed E-state index contributed by atoms with van der Waals surface area (Å²) in [6.07, 6.45) is 1.78. The maximum absolute atomic E-state index is 11.4. The van der Waals surface area contributed by atoms with Crippen molar-refractivity contribution in [1.82, 2.24) is 5.10 Å². The molecule has 0 spiro atoms. The first-order valence-corrected chi connectivity index (χ1v) is 5.07. The smallest absolute Gasteiger partial charge is 0.377 e. The fraction of sp³-hybridized carbons (Fsp3) is 0.250. The van der Waals surface area contributed by atoms with Gasteiger partial charge in [0.05, 0.1) is 7.11 Å². The van der Waals surface area contributed by atoms with Crippen LogP contribution in [-0.4, -0.2) is 18.2 Å². The van der Waals surface area contributed by atoms with E-state index < -0.39 is 6.04 Å². The second kappa shape index (κ2) is 4.26. The molecule has 4 nitrogen and oxygen atoms in total. The van der Waals surface area contributed by atoms with Crippen molar-refractivity contribution >= 4 is 16.9 Å². The summed E-state index contributed by atoms with van der Waals surface area (Å²) in [6, 6.07) is 9.29. The highest BCUT2D eigenvalue weighted by atomic mass is 16.5. The van der Waals surface area contributed by atoms with Gasteiger partial charge in [0.2, 0.25) is 0 Å². The van der Waals surface area contributed by atoms with Crippen LogP contribution in [0.25, 0.3) is 10.9 Å². The maximum Gasteiger partial charge on any atom is 0.377 e. The van der Waals surface area contributed by atoms with Crippen LogP contribution in [0.3, 0.4) is 0 Å². The van der Waals surface area contributed by atoms with Crippen LogP contribution in [0.5, 0.6) is 0 Å². The molecule has 2 aromatic rings. The second-order valence-corrected chi connectivity index (χ2v) is 3.55. The van der Waals surface area contributed by atoms with Gasteiger partial charge in [-0.15, -0.1) is 0 Å². The van der Waals surface area contributed by atoms with Crippen LogP contribution in [-0.2, 0) is 9.53 Å². The largest absolute Gasteiger partial charge is 0.464 e. The van der Waals surface area contributed by atoms with Gasteiger partial charge in [-0.05, 0) is 6.07 Å². The summed E-state index contributed by atoms with van der Waals surface area (Å²) in [7, 11) is 1.38. The Morgan fingerprint density at radius 1 is 1.38 bits per heavy atom. The van der Waals surface area contributed by atoms with E-state index in [1.165, 1.54) is 7.11 Å². The molecule has 0 aliphatic carbocycles. The average molecular weight is 217 g/mol. The third kappa shape index (κ3) is 1.86. The van der Waals surface area contributed by atoms with Crippen molar-refractivity contribution in [2.75, 3.05) is 7.11 Å². The lowest BCUT2D eigenvalue weighted by molar-refractivity contribution is -0.761. The molecule has 16 heavy (non-hydrogen) atoms. The normalized spacial score (nSPS) is 12.4. The predicted molar refractivity (Wildman–Crippen MR) is 58.7 cm³/mol. The van der Waals surface area contributed by atoms with E-state index in [0.29, 0.717) is 0 Å². The first-order chi connectivity index (χ1) is 7.72. The summed E-state index contributed by atoms with van der Waals surface area (Å²) in [4.78, 5) is 11.4. The molecular weight excluding hydrogens is 204 g/mol. The number of hydrogen-bond acceptors (Lipinski definition) is 3. The second-order valence-electron chi connectivity index (χ2n) is 3.55. The summed E-state index contributed by atoms with van der Waals surface area (Å²) < 4.78 is 6.28. The lowest BCUT2D eigenvalue weighted by atomic mass is 10.2. The van der Waals surface area contributed by atoms with E-state index in [1.54, 1.807) is 17.8 Å². The van der Waals surface area contributed by atoms with Gasteiger partial charge >= 0.3 is 5.97 Å². The number of fused-ring (bicyclic) bond motifs is 1. The number of rotatable bonds is 2. The molecular formula is C12H13N2O2+. The van der Waals surface area contributed by atoms with Gasteiger partial charge in [0.25, 0.3) is 6.04 Å². The summed E-state index contributed by atoms with van der Waals surface area (Å²) in [5.41, 5.74) is 0.862. The Labute approximate surface area is 93.5 Å². The van der Waals surface area contributed by atoms with Crippen LogP contribution in [0.1, 0.15) is 13.0 Å². The Hall–Kier alpha value is -1.97. The van der Waals surface area contributed by atoms with Gasteiger partial charge < -0.3 is 4.74 Å². The number of ether oxygens (including phenoxy) is 1. The van der Waals surface area contributed by atoms with Gasteiger partial charge in [-0.3, -0.25) is 0 Å². The standard InChI is InChI=1S/C12H13N2O2/c1-9(12(15)16-2)14-8-7-10-5-3-4-6-11(10)13-14/h3-9H,1-2H3/q+1. The molecule has 0 bridgehead atoms. The first-order valence-electron chi connectivity index (χ1n) is 5.07. The van der Waals surface area contributed by atoms with E-state index >= 15 is 0 Å². The Morgan fingerprint density at radius 2 is 2.12 bits per heavy atom. The van der Waals surface area contributed by atoms with Crippen molar-refractivity contribution in [3.05, 3.63) is 36.5 Å². The van der Waals surface area contributed by atoms with Crippen LogP contribution in [0.15, 0.2) is 36.5 Å². The van der Waals surface area contributed by atoms with Crippen molar-refractivity contribution in [3.8, 4) is 0 Å². The topological polar surface area (TPSA) is 43.1 Å². The Balaban J connectivity index is 2.43. The first kappa shape index (κ1) is 10.5. The zero-order valence-corrected chi connectivity index (χ0v) is 9.25. The fourth-order valence-electron chi connectivity index (χ4n) is 1.53. The predicted octanol–water partition coefficient (Wildman–Crippen LogP) is 1.26. The molecule has 1 aromatic heterocycles. The number of hydrogen-bond donors (Lipinski definition) is 0. The quantitative estimate of drug-likeness (QED) is 0.561. The van der Waals surface area contributed by atoms with Gasteiger partial charge in [-0.1, -0.05) is 22.9 Å². The van der Waals surface area contributed by atoms with Gasteiger partial charge in [-0.2, -0.15) is 0 Å². The third-order valence-corrected chi connectivity index (χ3v) is 2.51. The monoisotopic (exact) mass is 217 g/mol. The van der Waals surface area contributed by atoms with E-state index in [4.69, 9.17) is 0 Å². The van der Waals surface area contributed by atoms with E-state index in [1.807, 2.05) is 30.3 Å². The number of esters is 1. The maximum atomic E-state index is 11.4. The minimum absolute atomic E-state index is 0.298. The van der Waals surface area contributed by atoms with Gasteiger partial charge in [0.1, 0.15) is 5.52 Å². The summed E-state index contributed by atoms with van der Waals surface area (Å²) in [5.74, 6) is -0.298. The molecule has 0 aliphatic heterocycles. The third-order valence-electron chi connectivity index (χ3n) is 2.51. The molecule has 0 saturated heterocycles. The Bertz CT molecular complexity index is 525. The van der Waals surface area contributed by atoms with Crippen LogP contribution >= 0.6 is 0 Å². The Kier molecular flexibility index (Phi) is 2.81. The molecule has 0 fully saturated rings. The number of aromatic nitrogens is 2. The molecule has 0 aliphatic rings. The molecule has 1 unspecified atom stereocenters. The average Bonchev–Trinajstić information content (AvgIpc) is 2.36.